The molecule has 7 heteroatoms. The molecule has 0 spiro atoms. The summed E-state index contributed by atoms with van der Waals surface area (Å²) in [5.74, 6) is -0.758. The van der Waals surface area contributed by atoms with Crippen LogP contribution in [-0.4, -0.2) is 48.7 Å². The van der Waals surface area contributed by atoms with Crippen molar-refractivity contribution in [1.29, 1.82) is 0 Å². The molecule has 1 atom stereocenters. The summed E-state index contributed by atoms with van der Waals surface area (Å²) in [5.41, 5.74) is 0. The largest absolute Gasteiger partial charge is 0.338 e. The molecule has 0 radical (unpaired) electrons. The number of nitrogens with zero attached hydrogens (tertiary/aromatic N) is 2. The summed E-state index contributed by atoms with van der Waals surface area (Å²) in [6, 6.07) is 5.41. The molecule has 1 aromatic carbocycles. The fourth-order valence-electron chi connectivity index (χ4n) is 3.24. The lowest BCUT2D eigenvalue weighted by molar-refractivity contribution is -0.129. The number of hydrogen-bond donors (Lipinski definition) is 0. The van der Waals surface area contributed by atoms with Crippen LogP contribution in [0.5, 0.6) is 0 Å². The number of rotatable bonds is 5. The first-order valence-electron chi connectivity index (χ1n) is 7.95. The average molecular weight is 340 g/mol. The van der Waals surface area contributed by atoms with Gasteiger partial charge < -0.3 is 4.90 Å². The second-order valence-electron chi connectivity index (χ2n) is 6.24. The molecular formula is C16H21FN2O3S. The molecule has 1 aliphatic heterocycles. The molecule has 1 amide bonds. The van der Waals surface area contributed by atoms with Gasteiger partial charge in [-0.25, -0.2) is 12.8 Å². The second kappa shape index (κ2) is 6.20. The van der Waals surface area contributed by atoms with Crippen LogP contribution in [0.3, 0.4) is 0 Å². The number of halogens is 1. The summed E-state index contributed by atoms with van der Waals surface area (Å²) in [6.45, 7) is 2.29. The molecule has 5 nitrogen and oxygen atoms in total. The van der Waals surface area contributed by atoms with Crippen LogP contribution in [0.1, 0.15) is 32.6 Å². The molecule has 1 aliphatic carbocycles. The van der Waals surface area contributed by atoms with Crippen molar-refractivity contribution in [2.45, 2.75) is 49.6 Å². The lowest BCUT2D eigenvalue weighted by atomic mass is 10.2. The van der Waals surface area contributed by atoms with Gasteiger partial charge in [-0.15, -0.1) is 0 Å². The van der Waals surface area contributed by atoms with E-state index in [0.29, 0.717) is 19.5 Å². The summed E-state index contributed by atoms with van der Waals surface area (Å²) in [7, 11) is -3.87. The van der Waals surface area contributed by atoms with Crippen molar-refractivity contribution in [3.05, 3.63) is 30.1 Å². The molecule has 2 aliphatic rings. The summed E-state index contributed by atoms with van der Waals surface area (Å²) < 4.78 is 40.9. The van der Waals surface area contributed by atoms with E-state index < -0.39 is 15.8 Å². The molecule has 126 valence electrons. The zero-order chi connectivity index (χ0) is 16.6. The van der Waals surface area contributed by atoms with Gasteiger partial charge in [0.15, 0.2) is 0 Å². The van der Waals surface area contributed by atoms with Crippen molar-refractivity contribution in [1.82, 2.24) is 9.21 Å². The number of benzene rings is 1. The SMILES string of the molecule is CC(=O)N(C[C@@H]1CCCN1S(=O)(=O)c1ccccc1F)C1CC1. The van der Waals surface area contributed by atoms with Gasteiger partial charge in [-0.05, 0) is 37.8 Å². The summed E-state index contributed by atoms with van der Waals surface area (Å²) in [4.78, 5) is 13.3. The number of carbonyl (C=O) groups is 1. The molecule has 3 rings (SSSR count). The zero-order valence-electron chi connectivity index (χ0n) is 13.1. The normalized spacial score (nSPS) is 22.3. The van der Waals surface area contributed by atoms with E-state index in [4.69, 9.17) is 0 Å². The Kier molecular flexibility index (Phi) is 4.42. The summed E-state index contributed by atoms with van der Waals surface area (Å²) in [6.07, 6.45) is 3.39. The maximum absolute atomic E-state index is 13.9. The molecule has 1 heterocycles. The van der Waals surface area contributed by atoms with Crippen LogP contribution in [0.4, 0.5) is 4.39 Å². The standard InChI is InChI=1S/C16H21FN2O3S/c1-12(20)18(13-8-9-13)11-14-5-4-10-19(14)23(21,22)16-7-3-2-6-15(16)17/h2-3,6-7,13-14H,4-5,8-11H2,1H3/t14-/m0/s1. The highest BCUT2D eigenvalue weighted by Crippen LogP contribution is 2.32. The van der Waals surface area contributed by atoms with Crippen molar-refractivity contribution in [3.63, 3.8) is 0 Å². The van der Waals surface area contributed by atoms with E-state index in [-0.39, 0.29) is 22.9 Å². The molecular weight excluding hydrogens is 319 g/mol. The van der Waals surface area contributed by atoms with Gasteiger partial charge in [-0.1, -0.05) is 12.1 Å². The van der Waals surface area contributed by atoms with Crippen LogP contribution < -0.4 is 0 Å². The van der Waals surface area contributed by atoms with Crippen molar-refractivity contribution >= 4 is 15.9 Å². The molecule has 0 bridgehead atoms. The Hall–Kier alpha value is -1.47. The first-order chi connectivity index (χ1) is 10.9. The Balaban J connectivity index is 1.83. The zero-order valence-corrected chi connectivity index (χ0v) is 13.9. The molecule has 0 N–H and O–H groups in total. The van der Waals surface area contributed by atoms with Gasteiger partial charge in [0.05, 0.1) is 0 Å². The fourth-order valence-corrected chi connectivity index (χ4v) is 4.99. The third-order valence-electron chi connectivity index (χ3n) is 4.55. The van der Waals surface area contributed by atoms with Crippen molar-refractivity contribution in [2.24, 2.45) is 0 Å². The highest BCUT2D eigenvalue weighted by Gasteiger charge is 2.40. The topological polar surface area (TPSA) is 57.7 Å². The maximum Gasteiger partial charge on any atom is 0.246 e. The second-order valence-corrected chi connectivity index (χ2v) is 8.10. The first-order valence-corrected chi connectivity index (χ1v) is 9.39. The van der Waals surface area contributed by atoms with E-state index >= 15 is 0 Å². The van der Waals surface area contributed by atoms with Crippen molar-refractivity contribution in [3.8, 4) is 0 Å². The number of sulfonamides is 1. The predicted octanol–water partition coefficient (Wildman–Crippen LogP) is 1.99. The first kappa shape index (κ1) is 16.4. The van der Waals surface area contributed by atoms with Crippen molar-refractivity contribution < 1.29 is 17.6 Å². The van der Waals surface area contributed by atoms with Crippen LogP contribution in [-0.2, 0) is 14.8 Å². The highest BCUT2D eigenvalue weighted by molar-refractivity contribution is 7.89. The fraction of sp³-hybridized carbons (Fsp3) is 0.562. The third kappa shape index (κ3) is 3.26. The quantitative estimate of drug-likeness (QED) is 0.824. The summed E-state index contributed by atoms with van der Waals surface area (Å²) >= 11 is 0. The van der Waals surface area contributed by atoms with Gasteiger partial charge in [0, 0.05) is 32.1 Å². The molecule has 2 fully saturated rings. The molecule has 1 saturated carbocycles. The van der Waals surface area contributed by atoms with Crippen LogP contribution >= 0.6 is 0 Å². The number of carbonyl (C=O) groups excluding carboxylic acids is 1. The maximum atomic E-state index is 13.9. The Bertz CT molecular complexity index is 703. The van der Waals surface area contributed by atoms with E-state index in [1.807, 2.05) is 0 Å². The highest BCUT2D eigenvalue weighted by atomic mass is 32.2. The Labute approximate surface area is 136 Å². The third-order valence-corrected chi connectivity index (χ3v) is 6.53. The smallest absolute Gasteiger partial charge is 0.246 e. The van der Waals surface area contributed by atoms with E-state index in [9.17, 15) is 17.6 Å². The van der Waals surface area contributed by atoms with Gasteiger partial charge >= 0.3 is 0 Å². The monoisotopic (exact) mass is 340 g/mol. The van der Waals surface area contributed by atoms with Gasteiger partial charge in [0.1, 0.15) is 10.7 Å². The minimum atomic E-state index is -3.87. The number of hydrogen-bond acceptors (Lipinski definition) is 3. The van der Waals surface area contributed by atoms with E-state index in [1.54, 1.807) is 4.90 Å². The Morgan fingerprint density at radius 1 is 1.30 bits per heavy atom. The lowest BCUT2D eigenvalue weighted by Gasteiger charge is -2.30. The molecule has 1 saturated heterocycles. The van der Waals surface area contributed by atoms with E-state index in [2.05, 4.69) is 0 Å². The lowest BCUT2D eigenvalue weighted by Crippen LogP contribution is -2.45. The van der Waals surface area contributed by atoms with Crippen molar-refractivity contribution in [2.75, 3.05) is 13.1 Å². The minimum Gasteiger partial charge on any atom is -0.338 e. The average Bonchev–Trinajstić information content (AvgIpc) is 3.22. The Morgan fingerprint density at radius 3 is 2.61 bits per heavy atom. The van der Waals surface area contributed by atoms with Crippen LogP contribution in [0.2, 0.25) is 0 Å². The molecule has 23 heavy (non-hydrogen) atoms. The van der Waals surface area contributed by atoms with E-state index in [0.717, 1.165) is 25.3 Å². The molecule has 0 unspecified atom stereocenters. The van der Waals surface area contributed by atoms with Crippen LogP contribution in [0.15, 0.2) is 29.2 Å². The van der Waals surface area contributed by atoms with Gasteiger partial charge in [0.2, 0.25) is 15.9 Å². The van der Waals surface area contributed by atoms with E-state index in [1.165, 1.54) is 29.4 Å². The summed E-state index contributed by atoms with van der Waals surface area (Å²) in [5, 5.41) is 0. The van der Waals surface area contributed by atoms with Crippen LogP contribution in [0, 0.1) is 5.82 Å². The van der Waals surface area contributed by atoms with Gasteiger partial charge in [-0.3, -0.25) is 4.79 Å². The van der Waals surface area contributed by atoms with Crippen LogP contribution in [0.25, 0.3) is 0 Å². The molecule has 1 aromatic rings. The predicted molar refractivity (Wildman–Crippen MR) is 83.7 cm³/mol. The Morgan fingerprint density at radius 2 is 2.00 bits per heavy atom. The number of amides is 1. The van der Waals surface area contributed by atoms with Gasteiger partial charge in [-0.2, -0.15) is 4.31 Å². The molecule has 0 aromatic heterocycles. The van der Waals surface area contributed by atoms with Gasteiger partial charge in [0.25, 0.3) is 0 Å². The minimum absolute atomic E-state index is 0.0253.